The second-order valence-corrected chi connectivity index (χ2v) is 7.25. The summed E-state index contributed by atoms with van der Waals surface area (Å²) in [4.78, 5) is 14.9. The Morgan fingerprint density at radius 3 is 2.47 bits per heavy atom. The summed E-state index contributed by atoms with van der Waals surface area (Å²) in [6.07, 6.45) is 1.95. The Hall–Kier alpha value is -3.71. The molecule has 3 aromatic carbocycles. The van der Waals surface area contributed by atoms with Crippen LogP contribution in [0.3, 0.4) is 0 Å². The SMILES string of the molecule is COc1ccc(C2CCCN2C(=O)Nc2cccc(C#Cc3ccccc3)c2)cc1. The first-order valence-electron chi connectivity index (χ1n) is 10.1. The molecule has 1 N–H and O–H groups in total. The van der Waals surface area contributed by atoms with E-state index in [-0.39, 0.29) is 12.1 Å². The van der Waals surface area contributed by atoms with Gasteiger partial charge in [0.05, 0.1) is 13.2 Å². The number of benzene rings is 3. The topological polar surface area (TPSA) is 41.6 Å². The molecule has 4 rings (SSSR count). The monoisotopic (exact) mass is 396 g/mol. The standard InChI is InChI=1S/C26H24N2O2/c1-30-24-16-14-22(15-17-24)25-11-6-18-28(25)26(29)27-23-10-5-9-21(19-23)13-12-20-7-3-2-4-8-20/h2-5,7-10,14-17,19,25H,6,11,18H2,1H3,(H,27,29). The highest BCUT2D eigenvalue weighted by molar-refractivity contribution is 5.90. The minimum Gasteiger partial charge on any atom is -0.497 e. The highest BCUT2D eigenvalue weighted by atomic mass is 16.5. The molecule has 0 bridgehead atoms. The van der Waals surface area contributed by atoms with Gasteiger partial charge in [-0.3, -0.25) is 0 Å². The molecule has 0 aliphatic carbocycles. The Morgan fingerprint density at radius 1 is 0.967 bits per heavy atom. The summed E-state index contributed by atoms with van der Waals surface area (Å²) in [6.45, 7) is 0.746. The van der Waals surface area contributed by atoms with Crippen LogP contribution in [0.15, 0.2) is 78.9 Å². The molecule has 30 heavy (non-hydrogen) atoms. The van der Waals surface area contributed by atoms with E-state index in [0.717, 1.165) is 47.5 Å². The average molecular weight is 396 g/mol. The van der Waals surface area contributed by atoms with Gasteiger partial charge in [-0.25, -0.2) is 4.79 Å². The van der Waals surface area contributed by atoms with Gasteiger partial charge in [-0.15, -0.1) is 0 Å². The van der Waals surface area contributed by atoms with Gasteiger partial charge >= 0.3 is 6.03 Å². The predicted octanol–water partition coefficient (Wildman–Crippen LogP) is 5.46. The van der Waals surface area contributed by atoms with Crippen molar-refractivity contribution in [3.05, 3.63) is 95.6 Å². The molecule has 1 heterocycles. The maximum absolute atomic E-state index is 13.0. The number of urea groups is 1. The summed E-state index contributed by atoms with van der Waals surface area (Å²) in [5, 5.41) is 3.04. The van der Waals surface area contributed by atoms with Crippen molar-refractivity contribution in [1.82, 2.24) is 4.90 Å². The quantitative estimate of drug-likeness (QED) is 0.597. The number of anilines is 1. The lowest BCUT2D eigenvalue weighted by molar-refractivity contribution is 0.207. The number of ether oxygens (including phenoxy) is 1. The minimum absolute atomic E-state index is 0.0805. The normalized spacial score (nSPS) is 15.2. The van der Waals surface area contributed by atoms with Crippen LogP contribution in [0.5, 0.6) is 5.75 Å². The molecule has 1 aliphatic rings. The summed E-state index contributed by atoms with van der Waals surface area (Å²) in [6, 6.07) is 25.5. The van der Waals surface area contributed by atoms with Gasteiger partial charge in [0.1, 0.15) is 5.75 Å². The molecule has 150 valence electrons. The Kier molecular flexibility index (Phi) is 6.01. The fraction of sp³-hybridized carbons (Fsp3) is 0.192. The fourth-order valence-corrected chi connectivity index (χ4v) is 3.72. The molecule has 4 nitrogen and oxygen atoms in total. The summed E-state index contributed by atoms with van der Waals surface area (Å²) < 4.78 is 5.24. The summed E-state index contributed by atoms with van der Waals surface area (Å²) in [5.74, 6) is 7.13. The number of methoxy groups -OCH3 is 1. The van der Waals surface area contributed by atoms with Crippen LogP contribution in [0.25, 0.3) is 0 Å². The average Bonchev–Trinajstić information content (AvgIpc) is 3.29. The third-order valence-electron chi connectivity index (χ3n) is 5.25. The van der Waals surface area contributed by atoms with Gasteiger partial charge in [0.15, 0.2) is 0 Å². The van der Waals surface area contributed by atoms with E-state index < -0.39 is 0 Å². The number of likely N-dealkylation sites (tertiary alicyclic amines) is 1. The van der Waals surface area contributed by atoms with E-state index in [9.17, 15) is 4.79 Å². The smallest absolute Gasteiger partial charge is 0.322 e. The largest absolute Gasteiger partial charge is 0.497 e. The second-order valence-electron chi connectivity index (χ2n) is 7.25. The molecule has 0 radical (unpaired) electrons. The Morgan fingerprint density at radius 2 is 1.70 bits per heavy atom. The van der Waals surface area contributed by atoms with Crippen molar-refractivity contribution in [2.24, 2.45) is 0 Å². The third kappa shape index (κ3) is 4.64. The molecule has 1 fully saturated rings. The van der Waals surface area contributed by atoms with E-state index in [0.29, 0.717) is 0 Å². The highest BCUT2D eigenvalue weighted by Gasteiger charge is 2.30. The van der Waals surface area contributed by atoms with Crippen LogP contribution in [0.1, 0.15) is 35.6 Å². The zero-order valence-electron chi connectivity index (χ0n) is 17.0. The van der Waals surface area contributed by atoms with E-state index >= 15 is 0 Å². The van der Waals surface area contributed by atoms with E-state index in [1.165, 1.54) is 0 Å². The van der Waals surface area contributed by atoms with Gasteiger partial charge in [-0.2, -0.15) is 0 Å². The number of carbonyl (C=O) groups excluding carboxylic acids is 1. The van der Waals surface area contributed by atoms with Crippen LogP contribution in [-0.4, -0.2) is 24.6 Å². The number of nitrogens with zero attached hydrogens (tertiary/aromatic N) is 1. The maximum Gasteiger partial charge on any atom is 0.322 e. The Balaban J connectivity index is 1.46. The number of carbonyl (C=O) groups is 1. The number of amides is 2. The summed E-state index contributed by atoms with van der Waals surface area (Å²) >= 11 is 0. The zero-order valence-corrected chi connectivity index (χ0v) is 17.0. The van der Waals surface area contributed by atoms with Crippen LogP contribution in [-0.2, 0) is 0 Å². The van der Waals surface area contributed by atoms with Crippen molar-refractivity contribution in [2.45, 2.75) is 18.9 Å². The molecule has 0 spiro atoms. The van der Waals surface area contributed by atoms with Crippen molar-refractivity contribution < 1.29 is 9.53 Å². The Bertz CT molecular complexity index is 1070. The van der Waals surface area contributed by atoms with E-state index in [4.69, 9.17) is 4.74 Å². The predicted molar refractivity (Wildman–Crippen MR) is 120 cm³/mol. The first kappa shape index (κ1) is 19.6. The third-order valence-corrected chi connectivity index (χ3v) is 5.25. The molecule has 1 unspecified atom stereocenters. The van der Waals surface area contributed by atoms with Crippen LogP contribution in [0.4, 0.5) is 10.5 Å². The molecular formula is C26H24N2O2. The lowest BCUT2D eigenvalue weighted by atomic mass is 10.0. The summed E-state index contributed by atoms with van der Waals surface area (Å²) in [7, 11) is 1.66. The van der Waals surface area contributed by atoms with Gasteiger partial charge in [-0.1, -0.05) is 48.2 Å². The number of nitrogens with one attached hydrogen (secondary N) is 1. The lowest BCUT2D eigenvalue weighted by Crippen LogP contribution is -2.34. The molecule has 2 amide bonds. The summed E-state index contributed by atoms with van der Waals surface area (Å²) in [5.41, 5.74) is 3.71. The van der Waals surface area contributed by atoms with Crippen LogP contribution < -0.4 is 10.1 Å². The molecule has 1 aliphatic heterocycles. The van der Waals surface area contributed by atoms with Crippen LogP contribution >= 0.6 is 0 Å². The van der Waals surface area contributed by atoms with Crippen LogP contribution in [0, 0.1) is 11.8 Å². The molecule has 4 heteroatoms. The lowest BCUT2D eigenvalue weighted by Gasteiger charge is -2.25. The number of hydrogen-bond donors (Lipinski definition) is 1. The first-order valence-corrected chi connectivity index (χ1v) is 10.1. The fourth-order valence-electron chi connectivity index (χ4n) is 3.72. The van der Waals surface area contributed by atoms with Gasteiger partial charge in [-0.05, 0) is 60.9 Å². The van der Waals surface area contributed by atoms with Crippen LogP contribution in [0.2, 0.25) is 0 Å². The van der Waals surface area contributed by atoms with Gasteiger partial charge in [0.2, 0.25) is 0 Å². The van der Waals surface area contributed by atoms with E-state index in [1.807, 2.05) is 83.8 Å². The van der Waals surface area contributed by atoms with Crippen molar-refractivity contribution in [2.75, 3.05) is 19.0 Å². The highest BCUT2D eigenvalue weighted by Crippen LogP contribution is 2.33. The number of hydrogen-bond acceptors (Lipinski definition) is 2. The Labute approximate surface area is 177 Å². The number of rotatable bonds is 3. The second kappa shape index (κ2) is 9.19. The van der Waals surface area contributed by atoms with Crippen molar-refractivity contribution in [3.8, 4) is 17.6 Å². The van der Waals surface area contributed by atoms with E-state index in [2.05, 4.69) is 17.2 Å². The molecule has 1 saturated heterocycles. The zero-order chi connectivity index (χ0) is 20.8. The van der Waals surface area contributed by atoms with E-state index in [1.54, 1.807) is 7.11 Å². The molecule has 3 aromatic rings. The maximum atomic E-state index is 13.0. The first-order chi connectivity index (χ1) is 14.7. The molecular weight excluding hydrogens is 372 g/mol. The van der Waals surface area contributed by atoms with Gasteiger partial charge in [0.25, 0.3) is 0 Å². The van der Waals surface area contributed by atoms with Crippen molar-refractivity contribution in [1.29, 1.82) is 0 Å². The van der Waals surface area contributed by atoms with Crippen molar-refractivity contribution >= 4 is 11.7 Å². The molecule has 1 atom stereocenters. The molecule has 0 aromatic heterocycles. The minimum atomic E-state index is -0.0820. The van der Waals surface area contributed by atoms with Crippen molar-refractivity contribution in [3.63, 3.8) is 0 Å². The molecule has 0 saturated carbocycles. The van der Waals surface area contributed by atoms with Gasteiger partial charge in [0, 0.05) is 23.4 Å². The van der Waals surface area contributed by atoms with Gasteiger partial charge < -0.3 is 15.0 Å².